The molecule has 0 saturated carbocycles. The van der Waals surface area contributed by atoms with Gasteiger partial charge >= 0.3 is 0 Å². The molecule has 0 aromatic carbocycles. The van der Waals surface area contributed by atoms with Gasteiger partial charge in [-0.1, -0.05) is 13.8 Å². The van der Waals surface area contributed by atoms with Crippen LogP contribution < -0.4 is 16.8 Å². The van der Waals surface area contributed by atoms with E-state index in [0.717, 1.165) is 38.3 Å². The molecule has 1 unspecified atom stereocenters. The van der Waals surface area contributed by atoms with Crippen LogP contribution in [0.2, 0.25) is 0 Å². The van der Waals surface area contributed by atoms with Crippen LogP contribution in [0.3, 0.4) is 0 Å². The Hall–Kier alpha value is -0.120. The maximum atomic E-state index is 5.82. The Kier molecular flexibility index (Phi) is 8.40. The normalized spacial score (nSPS) is 13.6. The van der Waals surface area contributed by atoms with Crippen molar-refractivity contribution in [1.29, 1.82) is 0 Å². The third kappa shape index (κ3) is 9.80. The van der Waals surface area contributed by atoms with Gasteiger partial charge in [0.2, 0.25) is 0 Å². The molecule has 3 heteroatoms. The molecule has 0 aromatic rings. The molecule has 0 radical (unpaired) electrons. The van der Waals surface area contributed by atoms with Crippen LogP contribution in [0.15, 0.2) is 0 Å². The number of rotatable bonds is 8. The maximum Gasteiger partial charge on any atom is 0.00513 e. The highest BCUT2D eigenvalue weighted by Crippen LogP contribution is 1.97. The van der Waals surface area contributed by atoms with Gasteiger partial charge in [-0.15, -0.1) is 0 Å². The minimum atomic E-state index is 0.297. The fourth-order valence-electron chi connectivity index (χ4n) is 1.24. The van der Waals surface area contributed by atoms with Gasteiger partial charge in [0.1, 0.15) is 0 Å². The molecule has 0 fully saturated rings. The van der Waals surface area contributed by atoms with Crippen molar-refractivity contribution in [1.82, 2.24) is 5.32 Å². The first-order valence-corrected chi connectivity index (χ1v) is 5.33. The second-order valence-corrected chi connectivity index (χ2v) is 4.08. The van der Waals surface area contributed by atoms with Gasteiger partial charge in [-0.05, 0) is 44.8 Å². The van der Waals surface area contributed by atoms with Gasteiger partial charge in [-0.25, -0.2) is 0 Å². The molecule has 0 rings (SSSR count). The van der Waals surface area contributed by atoms with Crippen molar-refractivity contribution in [3.8, 4) is 0 Å². The second-order valence-electron chi connectivity index (χ2n) is 4.08. The maximum absolute atomic E-state index is 5.82. The highest BCUT2D eigenvalue weighted by Gasteiger charge is 2.00. The van der Waals surface area contributed by atoms with Crippen molar-refractivity contribution < 1.29 is 0 Å². The first-order valence-electron chi connectivity index (χ1n) is 5.33. The van der Waals surface area contributed by atoms with Crippen LogP contribution in [-0.4, -0.2) is 25.7 Å². The lowest BCUT2D eigenvalue weighted by Crippen LogP contribution is -2.26. The molecule has 80 valence electrons. The standard InChI is InChI=1S/C10H25N3/c1-9(2)8-13-7-3-4-10(12)5-6-11/h9-10,13H,3-8,11-12H2,1-2H3. The SMILES string of the molecule is CC(C)CNCCCC(N)CCN. The van der Waals surface area contributed by atoms with E-state index in [1.54, 1.807) is 0 Å². The summed E-state index contributed by atoms with van der Waals surface area (Å²) in [5.74, 6) is 0.734. The highest BCUT2D eigenvalue weighted by atomic mass is 14.8. The van der Waals surface area contributed by atoms with Crippen molar-refractivity contribution in [2.24, 2.45) is 17.4 Å². The van der Waals surface area contributed by atoms with E-state index in [4.69, 9.17) is 11.5 Å². The summed E-state index contributed by atoms with van der Waals surface area (Å²) in [6.07, 6.45) is 3.19. The molecule has 13 heavy (non-hydrogen) atoms. The minimum absolute atomic E-state index is 0.297. The van der Waals surface area contributed by atoms with Crippen LogP contribution in [0, 0.1) is 5.92 Å². The zero-order chi connectivity index (χ0) is 10.1. The molecule has 0 spiro atoms. The van der Waals surface area contributed by atoms with Crippen molar-refractivity contribution in [2.75, 3.05) is 19.6 Å². The summed E-state index contributed by atoms with van der Waals surface area (Å²) in [4.78, 5) is 0. The Morgan fingerprint density at radius 1 is 1.23 bits per heavy atom. The van der Waals surface area contributed by atoms with Gasteiger partial charge < -0.3 is 16.8 Å². The van der Waals surface area contributed by atoms with Gasteiger partial charge in [0.25, 0.3) is 0 Å². The summed E-state index contributed by atoms with van der Waals surface area (Å²) in [5, 5.41) is 3.40. The summed E-state index contributed by atoms with van der Waals surface area (Å²) >= 11 is 0. The monoisotopic (exact) mass is 187 g/mol. The molecule has 5 N–H and O–H groups in total. The van der Waals surface area contributed by atoms with Crippen LogP contribution in [0.4, 0.5) is 0 Å². The molecule has 0 bridgehead atoms. The lowest BCUT2D eigenvalue weighted by molar-refractivity contribution is 0.501. The zero-order valence-corrected chi connectivity index (χ0v) is 9.05. The summed E-state index contributed by atoms with van der Waals surface area (Å²) < 4.78 is 0. The third-order valence-corrected chi connectivity index (χ3v) is 2.02. The largest absolute Gasteiger partial charge is 0.330 e. The lowest BCUT2D eigenvalue weighted by Gasteiger charge is -2.11. The topological polar surface area (TPSA) is 64.1 Å². The number of hydrogen-bond acceptors (Lipinski definition) is 3. The van der Waals surface area contributed by atoms with Crippen LogP contribution in [0.5, 0.6) is 0 Å². The summed E-state index contributed by atoms with van der Waals surface area (Å²) in [6, 6.07) is 0.297. The molecule has 3 nitrogen and oxygen atoms in total. The first kappa shape index (κ1) is 12.9. The number of hydrogen-bond donors (Lipinski definition) is 3. The molecular weight excluding hydrogens is 162 g/mol. The summed E-state index contributed by atoms with van der Waals surface area (Å²) in [7, 11) is 0. The van der Waals surface area contributed by atoms with Gasteiger partial charge in [0, 0.05) is 6.04 Å². The van der Waals surface area contributed by atoms with E-state index < -0.39 is 0 Å². The molecule has 0 aliphatic rings. The molecule has 0 aliphatic carbocycles. The molecule has 0 amide bonds. The summed E-state index contributed by atoms with van der Waals surface area (Å²) in [6.45, 7) is 7.32. The van der Waals surface area contributed by atoms with Crippen molar-refractivity contribution in [3.63, 3.8) is 0 Å². The Labute approximate surface area is 82.3 Å². The fraction of sp³-hybridized carbons (Fsp3) is 1.00. The molecule has 0 saturated heterocycles. The zero-order valence-electron chi connectivity index (χ0n) is 9.05. The molecule has 0 heterocycles. The van der Waals surface area contributed by atoms with E-state index in [1.807, 2.05) is 0 Å². The predicted molar refractivity (Wildman–Crippen MR) is 58.6 cm³/mol. The predicted octanol–water partition coefficient (Wildman–Crippen LogP) is 0.688. The van der Waals surface area contributed by atoms with Crippen molar-refractivity contribution in [3.05, 3.63) is 0 Å². The molecular formula is C10H25N3. The van der Waals surface area contributed by atoms with Crippen LogP contribution in [0.25, 0.3) is 0 Å². The second kappa shape index (κ2) is 8.48. The highest BCUT2D eigenvalue weighted by molar-refractivity contribution is 4.62. The van der Waals surface area contributed by atoms with E-state index in [-0.39, 0.29) is 0 Å². The number of nitrogens with one attached hydrogen (secondary N) is 1. The van der Waals surface area contributed by atoms with Gasteiger partial charge in [0.15, 0.2) is 0 Å². The van der Waals surface area contributed by atoms with E-state index in [0.29, 0.717) is 12.6 Å². The van der Waals surface area contributed by atoms with Crippen LogP contribution in [-0.2, 0) is 0 Å². The van der Waals surface area contributed by atoms with E-state index >= 15 is 0 Å². The van der Waals surface area contributed by atoms with Gasteiger partial charge in [0.05, 0.1) is 0 Å². The van der Waals surface area contributed by atoms with E-state index in [1.165, 1.54) is 0 Å². The molecule has 0 aliphatic heterocycles. The average molecular weight is 187 g/mol. The Bertz CT molecular complexity index is 104. The van der Waals surface area contributed by atoms with Gasteiger partial charge in [-0.3, -0.25) is 0 Å². The quantitative estimate of drug-likeness (QED) is 0.490. The average Bonchev–Trinajstić information content (AvgIpc) is 2.03. The van der Waals surface area contributed by atoms with E-state index in [9.17, 15) is 0 Å². The van der Waals surface area contributed by atoms with E-state index in [2.05, 4.69) is 19.2 Å². The number of nitrogens with two attached hydrogens (primary N) is 2. The van der Waals surface area contributed by atoms with Crippen LogP contribution >= 0.6 is 0 Å². The van der Waals surface area contributed by atoms with Crippen LogP contribution in [0.1, 0.15) is 33.1 Å². The smallest absolute Gasteiger partial charge is 0.00513 e. The van der Waals surface area contributed by atoms with Gasteiger partial charge in [-0.2, -0.15) is 0 Å². The fourth-order valence-corrected chi connectivity index (χ4v) is 1.24. The molecule has 0 aromatic heterocycles. The Balaban J connectivity index is 3.06. The van der Waals surface area contributed by atoms with Crippen molar-refractivity contribution in [2.45, 2.75) is 39.2 Å². The third-order valence-electron chi connectivity index (χ3n) is 2.02. The minimum Gasteiger partial charge on any atom is -0.330 e. The molecule has 1 atom stereocenters. The first-order chi connectivity index (χ1) is 6.16. The Morgan fingerprint density at radius 2 is 1.92 bits per heavy atom. The summed E-state index contributed by atoms with van der Waals surface area (Å²) in [5.41, 5.74) is 11.2. The lowest BCUT2D eigenvalue weighted by atomic mass is 10.1. The Morgan fingerprint density at radius 3 is 2.46 bits per heavy atom. The van der Waals surface area contributed by atoms with Crippen molar-refractivity contribution >= 4 is 0 Å².